The van der Waals surface area contributed by atoms with Crippen LogP contribution in [0, 0.1) is 0 Å². The number of nitrogens with zero attached hydrogens (tertiary/aromatic N) is 1. The van der Waals surface area contributed by atoms with Gasteiger partial charge < -0.3 is 0 Å². The number of unbranched alkanes of at least 4 members (excludes halogenated alkanes) is 1. The van der Waals surface area contributed by atoms with E-state index in [1.165, 1.54) is 0 Å². The quantitative estimate of drug-likeness (QED) is 0.493. The fourth-order valence-electron chi connectivity index (χ4n) is 2.00. The SMILES string of the molecule is O=C1c2ccccc2C(=O)N1CCCCS(=O)(=O)O. The van der Waals surface area contributed by atoms with Crippen LogP contribution in [-0.2, 0) is 10.1 Å². The van der Waals surface area contributed by atoms with Gasteiger partial charge in [-0.1, -0.05) is 12.1 Å². The molecular weight excluding hydrogens is 270 g/mol. The lowest BCUT2D eigenvalue weighted by Gasteiger charge is -2.12. The van der Waals surface area contributed by atoms with Gasteiger partial charge in [-0.2, -0.15) is 8.42 Å². The molecule has 0 saturated heterocycles. The minimum absolute atomic E-state index is 0.155. The summed E-state index contributed by atoms with van der Waals surface area (Å²) >= 11 is 0. The first-order valence-electron chi connectivity index (χ1n) is 5.80. The van der Waals surface area contributed by atoms with Crippen molar-refractivity contribution in [2.24, 2.45) is 0 Å². The van der Waals surface area contributed by atoms with Crippen molar-refractivity contribution in [3.05, 3.63) is 35.4 Å². The Bertz CT molecular complexity index is 588. The molecule has 0 aliphatic carbocycles. The average molecular weight is 283 g/mol. The lowest BCUT2D eigenvalue weighted by molar-refractivity contribution is 0.0652. The molecule has 102 valence electrons. The van der Waals surface area contributed by atoms with Gasteiger partial charge in [-0.25, -0.2) is 0 Å². The number of rotatable bonds is 5. The van der Waals surface area contributed by atoms with E-state index in [1.54, 1.807) is 24.3 Å². The van der Waals surface area contributed by atoms with Gasteiger partial charge in [0.25, 0.3) is 21.9 Å². The maximum Gasteiger partial charge on any atom is 0.264 e. The van der Waals surface area contributed by atoms with Crippen molar-refractivity contribution in [2.45, 2.75) is 12.8 Å². The molecule has 1 aromatic carbocycles. The number of carbonyl (C=O) groups is 2. The van der Waals surface area contributed by atoms with Crippen LogP contribution >= 0.6 is 0 Å². The topological polar surface area (TPSA) is 91.8 Å². The highest BCUT2D eigenvalue weighted by atomic mass is 32.2. The van der Waals surface area contributed by atoms with Crippen LogP contribution in [0.15, 0.2) is 24.3 Å². The highest BCUT2D eigenvalue weighted by Gasteiger charge is 2.34. The fourth-order valence-corrected chi connectivity index (χ4v) is 2.57. The molecular formula is C12H13NO5S. The summed E-state index contributed by atoms with van der Waals surface area (Å²) in [6.07, 6.45) is 0.539. The Morgan fingerprint density at radius 1 is 1.00 bits per heavy atom. The molecule has 6 nitrogen and oxygen atoms in total. The lowest BCUT2D eigenvalue weighted by Crippen LogP contribution is -2.30. The molecule has 19 heavy (non-hydrogen) atoms. The molecule has 0 atom stereocenters. The van der Waals surface area contributed by atoms with Crippen LogP contribution in [0.4, 0.5) is 0 Å². The van der Waals surface area contributed by atoms with E-state index in [0.717, 1.165) is 4.90 Å². The summed E-state index contributed by atoms with van der Waals surface area (Å²) < 4.78 is 29.7. The first kappa shape index (κ1) is 13.7. The van der Waals surface area contributed by atoms with E-state index < -0.39 is 10.1 Å². The number of benzene rings is 1. The second kappa shape index (κ2) is 5.10. The van der Waals surface area contributed by atoms with Crippen molar-refractivity contribution >= 4 is 21.9 Å². The van der Waals surface area contributed by atoms with Crippen molar-refractivity contribution in [3.63, 3.8) is 0 Å². The average Bonchev–Trinajstić information content (AvgIpc) is 2.58. The summed E-state index contributed by atoms with van der Waals surface area (Å²) in [5, 5.41) is 0. The van der Waals surface area contributed by atoms with Gasteiger partial charge in [-0.3, -0.25) is 19.0 Å². The highest BCUT2D eigenvalue weighted by Crippen LogP contribution is 2.22. The minimum Gasteiger partial charge on any atom is -0.286 e. The molecule has 1 N–H and O–H groups in total. The van der Waals surface area contributed by atoms with E-state index in [1.807, 2.05) is 0 Å². The van der Waals surface area contributed by atoms with Crippen LogP contribution < -0.4 is 0 Å². The molecule has 1 aromatic rings. The van der Waals surface area contributed by atoms with Crippen LogP contribution in [0.2, 0.25) is 0 Å². The molecule has 0 fully saturated rings. The van der Waals surface area contributed by atoms with Crippen molar-refractivity contribution in [1.82, 2.24) is 4.90 Å². The summed E-state index contributed by atoms with van der Waals surface area (Å²) in [5.74, 6) is -1.07. The minimum atomic E-state index is -3.99. The van der Waals surface area contributed by atoms with Gasteiger partial charge in [0.05, 0.1) is 16.9 Å². The Morgan fingerprint density at radius 3 is 2.00 bits per heavy atom. The molecule has 1 aliphatic rings. The van der Waals surface area contributed by atoms with Crippen LogP contribution in [0.1, 0.15) is 33.6 Å². The first-order chi connectivity index (χ1) is 8.90. The maximum absolute atomic E-state index is 11.9. The van der Waals surface area contributed by atoms with E-state index in [2.05, 4.69) is 0 Å². The molecule has 0 saturated carbocycles. The van der Waals surface area contributed by atoms with Crippen molar-refractivity contribution in [3.8, 4) is 0 Å². The van der Waals surface area contributed by atoms with E-state index in [4.69, 9.17) is 4.55 Å². The molecule has 0 unspecified atom stereocenters. The largest absolute Gasteiger partial charge is 0.286 e. The Kier molecular flexibility index (Phi) is 3.68. The molecule has 2 rings (SSSR count). The number of fused-ring (bicyclic) bond motifs is 1. The fraction of sp³-hybridized carbons (Fsp3) is 0.333. The normalized spacial score (nSPS) is 14.9. The third-order valence-electron chi connectivity index (χ3n) is 2.91. The second-order valence-corrected chi connectivity index (χ2v) is 5.87. The smallest absolute Gasteiger partial charge is 0.264 e. The Balaban J connectivity index is 1.97. The zero-order chi connectivity index (χ0) is 14.0. The van der Waals surface area contributed by atoms with E-state index in [-0.39, 0.29) is 30.5 Å². The van der Waals surface area contributed by atoms with Crippen molar-refractivity contribution in [2.75, 3.05) is 12.3 Å². The molecule has 1 heterocycles. The summed E-state index contributed by atoms with van der Waals surface area (Å²) in [7, 11) is -3.99. The first-order valence-corrected chi connectivity index (χ1v) is 7.41. The van der Waals surface area contributed by atoms with Crippen LogP contribution in [-0.4, -0.2) is 42.0 Å². The number of hydrogen-bond donors (Lipinski definition) is 1. The van der Waals surface area contributed by atoms with E-state index >= 15 is 0 Å². The summed E-state index contributed by atoms with van der Waals surface area (Å²) in [4.78, 5) is 25.0. The maximum atomic E-state index is 11.9. The Morgan fingerprint density at radius 2 is 1.53 bits per heavy atom. The second-order valence-electron chi connectivity index (χ2n) is 4.30. The third kappa shape index (κ3) is 2.99. The zero-order valence-electron chi connectivity index (χ0n) is 10.1. The van der Waals surface area contributed by atoms with Gasteiger partial charge >= 0.3 is 0 Å². The van der Waals surface area contributed by atoms with Gasteiger partial charge in [0.15, 0.2) is 0 Å². The predicted octanol–water partition coefficient (Wildman–Crippen LogP) is 0.951. The Labute approximate surface area is 110 Å². The lowest BCUT2D eigenvalue weighted by atomic mass is 10.1. The van der Waals surface area contributed by atoms with Crippen molar-refractivity contribution < 1.29 is 22.6 Å². The molecule has 7 heteroatoms. The van der Waals surface area contributed by atoms with Gasteiger partial charge in [0, 0.05) is 6.54 Å². The zero-order valence-corrected chi connectivity index (χ0v) is 10.9. The number of carbonyl (C=O) groups excluding carboxylic acids is 2. The van der Waals surface area contributed by atoms with Crippen LogP contribution in [0.5, 0.6) is 0 Å². The van der Waals surface area contributed by atoms with Gasteiger partial charge in [0.1, 0.15) is 0 Å². The Hall–Kier alpha value is -1.73. The molecule has 2 amide bonds. The summed E-state index contributed by atoms with van der Waals surface area (Å²) in [6.45, 7) is 0.155. The van der Waals surface area contributed by atoms with Crippen LogP contribution in [0.25, 0.3) is 0 Å². The predicted molar refractivity (Wildman–Crippen MR) is 67.5 cm³/mol. The highest BCUT2D eigenvalue weighted by molar-refractivity contribution is 7.85. The van der Waals surface area contributed by atoms with Gasteiger partial charge in [0.2, 0.25) is 0 Å². The molecule has 1 aliphatic heterocycles. The van der Waals surface area contributed by atoms with E-state index in [0.29, 0.717) is 17.5 Å². The summed E-state index contributed by atoms with van der Waals surface area (Å²) in [6, 6.07) is 6.55. The monoisotopic (exact) mass is 283 g/mol. The van der Waals surface area contributed by atoms with Crippen LogP contribution in [0.3, 0.4) is 0 Å². The summed E-state index contributed by atoms with van der Waals surface area (Å²) in [5.41, 5.74) is 0.754. The van der Waals surface area contributed by atoms with E-state index in [9.17, 15) is 18.0 Å². The molecule has 0 radical (unpaired) electrons. The third-order valence-corrected chi connectivity index (χ3v) is 3.72. The molecule has 0 spiro atoms. The van der Waals surface area contributed by atoms with Crippen molar-refractivity contribution in [1.29, 1.82) is 0 Å². The number of hydrogen-bond acceptors (Lipinski definition) is 4. The van der Waals surface area contributed by atoms with Gasteiger partial charge in [-0.15, -0.1) is 0 Å². The number of amides is 2. The van der Waals surface area contributed by atoms with Gasteiger partial charge in [-0.05, 0) is 25.0 Å². The molecule has 0 aromatic heterocycles. The number of imide groups is 1. The standard InChI is InChI=1S/C12H13NO5S/c14-11-9-5-1-2-6-10(9)12(15)13(11)7-3-4-8-19(16,17)18/h1-2,5-6H,3-4,7-8H2,(H,16,17,18). The molecule has 0 bridgehead atoms.